The van der Waals surface area contributed by atoms with E-state index in [0.29, 0.717) is 0 Å². The van der Waals surface area contributed by atoms with E-state index in [1.165, 1.54) is 7.05 Å². The molecule has 84 valence electrons. The second-order valence-corrected chi connectivity index (χ2v) is 3.93. The maximum Gasteiger partial charge on any atom is 0.155 e. The smallest absolute Gasteiger partial charge is 0.155 e. The molecule has 0 unspecified atom stereocenters. The predicted octanol–water partition coefficient (Wildman–Crippen LogP) is -0.133. The van der Waals surface area contributed by atoms with Crippen LogP contribution in [-0.4, -0.2) is 31.5 Å². The van der Waals surface area contributed by atoms with Crippen LogP contribution in [0.1, 0.15) is 26.7 Å². The lowest BCUT2D eigenvalue weighted by Crippen LogP contribution is -2.56. The summed E-state index contributed by atoms with van der Waals surface area (Å²) in [4.78, 5) is 11.7. The minimum atomic E-state index is -0.542. The third-order valence-electron chi connectivity index (χ3n) is 2.51. The van der Waals surface area contributed by atoms with Crippen molar-refractivity contribution in [2.75, 3.05) is 20.1 Å². The molecule has 0 bridgehead atoms. The van der Waals surface area contributed by atoms with Crippen LogP contribution in [0.2, 0.25) is 0 Å². The van der Waals surface area contributed by atoms with Crippen molar-refractivity contribution in [1.82, 2.24) is 5.32 Å². The fourth-order valence-corrected chi connectivity index (χ4v) is 1.69. The van der Waals surface area contributed by atoms with Crippen molar-refractivity contribution in [2.45, 2.75) is 32.2 Å². The molecule has 1 heterocycles. The Morgan fingerprint density at radius 1 is 1.29 bits per heavy atom. The molecule has 0 saturated carbocycles. The highest BCUT2D eigenvalue weighted by Gasteiger charge is 2.35. The fraction of sp³-hybridized carbons (Fsp3) is 0.900. The Hall–Kier alpha value is -0.450. The van der Waals surface area contributed by atoms with Crippen LogP contribution in [0.5, 0.6) is 0 Å². The van der Waals surface area contributed by atoms with Gasteiger partial charge >= 0.3 is 0 Å². The highest BCUT2D eigenvalue weighted by Crippen LogP contribution is 2.19. The van der Waals surface area contributed by atoms with E-state index in [4.69, 9.17) is 5.73 Å². The van der Waals surface area contributed by atoms with Gasteiger partial charge in [-0.25, -0.2) is 0 Å². The normalized spacial score (nSPS) is 19.9. The molecule has 1 saturated heterocycles. The van der Waals surface area contributed by atoms with Crippen LogP contribution in [0.3, 0.4) is 0 Å². The monoisotopic (exact) mass is 201 g/mol. The summed E-state index contributed by atoms with van der Waals surface area (Å²) in [5.74, 6) is 0.275. The van der Waals surface area contributed by atoms with Gasteiger partial charge in [0.05, 0.1) is 5.54 Å². The van der Waals surface area contributed by atoms with Crippen LogP contribution in [0.15, 0.2) is 0 Å². The maximum absolute atomic E-state index is 11.7. The van der Waals surface area contributed by atoms with E-state index in [1.54, 1.807) is 0 Å². The van der Waals surface area contributed by atoms with Crippen molar-refractivity contribution >= 4 is 5.78 Å². The van der Waals surface area contributed by atoms with Crippen molar-refractivity contribution in [1.29, 1.82) is 0 Å². The lowest BCUT2D eigenvalue weighted by atomic mass is 9.81. The van der Waals surface area contributed by atoms with Crippen molar-refractivity contribution in [3.63, 3.8) is 0 Å². The van der Waals surface area contributed by atoms with Gasteiger partial charge in [-0.1, -0.05) is 13.8 Å². The number of hydrogen-bond acceptors (Lipinski definition) is 4. The summed E-state index contributed by atoms with van der Waals surface area (Å²) in [6, 6.07) is 0. The van der Waals surface area contributed by atoms with Crippen molar-refractivity contribution < 1.29 is 4.79 Å². The molecule has 0 aromatic heterocycles. The van der Waals surface area contributed by atoms with Crippen LogP contribution in [0.4, 0.5) is 0 Å². The van der Waals surface area contributed by atoms with E-state index < -0.39 is 5.54 Å². The highest BCUT2D eigenvalue weighted by atomic mass is 16.1. The van der Waals surface area contributed by atoms with E-state index in [-0.39, 0.29) is 11.7 Å². The molecule has 4 nitrogen and oxygen atoms in total. The quantitative estimate of drug-likeness (QED) is 0.581. The van der Waals surface area contributed by atoms with Crippen LogP contribution < -0.4 is 16.8 Å². The van der Waals surface area contributed by atoms with Crippen molar-refractivity contribution in [3.8, 4) is 0 Å². The van der Waals surface area contributed by atoms with Gasteiger partial charge in [0.1, 0.15) is 0 Å². The molecular formula is C10H23N3O. The summed E-state index contributed by atoms with van der Waals surface area (Å²) >= 11 is 0. The molecule has 0 aliphatic carbocycles. The second kappa shape index (κ2) is 6.11. The van der Waals surface area contributed by atoms with Gasteiger partial charge in [0.15, 0.2) is 5.78 Å². The number of carbonyl (C=O) groups is 1. The van der Waals surface area contributed by atoms with Crippen LogP contribution in [0.25, 0.3) is 0 Å². The van der Waals surface area contributed by atoms with Gasteiger partial charge in [-0.15, -0.1) is 0 Å². The molecule has 4 heteroatoms. The first-order chi connectivity index (χ1) is 6.56. The van der Waals surface area contributed by atoms with Gasteiger partial charge in [0.2, 0.25) is 0 Å². The summed E-state index contributed by atoms with van der Waals surface area (Å²) in [5, 5.41) is 3.20. The maximum atomic E-state index is 11.7. The molecule has 0 aromatic rings. The average molecular weight is 201 g/mol. The van der Waals surface area contributed by atoms with E-state index in [2.05, 4.69) is 11.1 Å². The first-order valence-corrected chi connectivity index (χ1v) is 5.18. The van der Waals surface area contributed by atoms with Gasteiger partial charge < -0.3 is 16.8 Å². The van der Waals surface area contributed by atoms with Gasteiger partial charge in [-0.3, -0.25) is 4.79 Å². The van der Waals surface area contributed by atoms with E-state index in [0.717, 1.165) is 25.9 Å². The topological polar surface area (TPSA) is 81.1 Å². The third-order valence-corrected chi connectivity index (χ3v) is 2.51. The van der Waals surface area contributed by atoms with Crippen LogP contribution >= 0.6 is 0 Å². The number of piperidine rings is 1. The first kappa shape index (κ1) is 13.5. The fourth-order valence-electron chi connectivity index (χ4n) is 1.69. The zero-order valence-corrected chi connectivity index (χ0v) is 9.47. The zero-order valence-electron chi connectivity index (χ0n) is 9.47. The molecule has 0 atom stereocenters. The van der Waals surface area contributed by atoms with Gasteiger partial charge in [0.25, 0.3) is 0 Å². The lowest BCUT2D eigenvalue weighted by Gasteiger charge is -2.33. The van der Waals surface area contributed by atoms with Crippen LogP contribution in [0, 0.1) is 5.92 Å². The standard InChI is InChI=1S/C9H18N2O.CH5N/c1-7(2)8(12)9(10)3-5-11-6-4-9;1-2/h7,11H,3-6,10H2,1-2H3;2H2,1H3. The summed E-state index contributed by atoms with van der Waals surface area (Å²) in [6.45, 7) is 5.57. The van der Waals surface area contributed by atoms with E-state index >= 15 is 0 Å². The second-order valence-electron chi connectivity index (χ2n) is 3.93. The van der Waals surface area contributed by atoms with Crippen molar-refractivity contribution in [2.24, 2.45) is 17.4 Å². The molecule has 1 rings (SSSR count). The summed E-state index contributed by atoms with van der Waals surface area (Å²) < 4.78 is 0. The molecule has 1 aliphatic rings. The Kier molecular flexibility index (Phi) is 5.92. The minimum absolute atomic E-state index is 0.0631. The summed E-state index contributed by atoms with van der Waals surface area (Å²) in [6.07, 6.45) is 1.56. The molecule has 0 radical (unpaired) electrons. The third kappa shape index (κ3) is 3.36. The number of nitrogens with two attached hydrogens (primary N) is 2. The molecule has 14 heavy (non-hydrogen) atoms. The Balaban J connectivity index is 0.000000791. The number of Topliss-reactive ketones (excluding diaryl/α,β-unsaturated/α-hetero) is 1. The van der Waals surface area contributed by atoms with E-state index in [9.17, 15) is 4.79 Å². The minimum Gasteiger partial charge on any atom is -0.333 e. The lowest BCUT2D eigenvalue weighted by molar-refractivity contribution is -0.128. The number of carbonyl (C=O) groups excluding carboxylic acids is 1. The average Bonchev–Trinajstić information content (AvgIpc) is 2.21. The molecule has 0 aromatic carbocycles. The Morgan fingerprint density at radius 2 is 1.71 bits per heavy atom. The number of hydrogen-bond donors (Lipinski definition) is 3. The molecule has 1 fully saturated rings. The molecule has 1 aliphatic heterocycles. The largest absolute Gasteiger partial charge is 0.333 e. The molecule has 0 spiro atoms. The molecule has 0 amide bonds. The van der Waals surface area contributed by atoms with Gasteiger partial charge in [0, 0.05) is 5.92 Å². The molecular weight excluding hydrogens is 178 g/mol. The Bertz CT molecular complexity index is 174. The molecule has 5 N–H and O–H groups in total. The number of ketones is 1. The van der Waals surface area contributed by atoms with E-state index in [1.807, 2.05) is 13.8 Å². The van der Waals surface area contributed by atoms with Crippen molar-refractivity contribution in [3.05, 3.63) is 0 Å². The Labute approximate surface area is 86.4 Å². The summed E-state index contributed by atoms with van der Waals surface area (Å²) in [7, 11) is 1.50. The SMILES string of the molecule is CC(C)C(=O)C1(N)CCNCC1.CN. The summed E-state index contributed by atoms with van der Waals surface area (Å²) in [5.41, 5.74) is 9.97. The number of nitrogens with one attached hydrogen (secondary N) is 1. The van der Waals surface area contributed by atoms with Gasteiger partial charge in [-0.2, -0.15) is 0 Å². The van der Waals surface area contributed by atoms with Crippen LogP contribution in [-0.2, 0) is 4.79 Å². The van der Waals surface area contributed by atoms with Gasteiger partial charge in [-0.05, 0) is 33.0 Å². The predicted molar refractivity (Wildman–Crippen MR) is 59.0 cm³/mol. The Morgan fingerprint density at radius 3 is 2.07 bits per heavy atom. The highest BCUT2D eigenvalue weighted by molar-refractivity contribution is 5.89. The first-order valence-electron chi connectivity index (χ1n) is 5.18. The zero-order chi connectivity index (χ0) is 11.2. The number of rotatable bonds is 2.